The van der Waals surface area contributed by atoms with E-state index in [1.54, 1.807) is 5.57 Å². The summed E-state index contributed by atoms with van der Waals surface area (Å²) < 4.78 is 0. The van der Waals surface area contributed by atoms with Gasteiger partial charge in [0.1, 0.15) is 0 Å². The number of rotatable bonds is 3. The first-order chi connectivity index (χ1) is 8.70. The highest BCUT2D eigenvalue weighted by molar-refractivity contribution is 5.09. The van der Waals surface area contributed by atoms with Crippen LogP contribution >= 0.6 is 0 Å². The molecule has 0 aromatic heterocycles. The highest BCUT2D eigenvalue weighted by Gasteiger charge is 2.26. The Bertz CT molecular complexity index is 277. The van der Waals surface area contributed by atoms with Gasteiger partial charge in [0.25, 0.3) is 0 Å². The molecule has 0 aromatic rings. The predicted molar refractivity (Wildman–Crippen MR) is 78.9 cm³/mol. The lowest BCUT2D eigenvalue weighted by molar-refractivity contribution is 0.0984. The minimum atomic E-state index is 0.803. The molecule has 104 valence electrons. The van der Waals surface area contributed by atoms with Crippen molar-refractivity contribution in [3.05, 3.63) is 11.6 Å². The van der Waals surface area contributed by atoms with E-state index in [1.807, 2.05) is 0 Å². The Morgan fingerprint density at radius 1 is 1.22 bits per heavy atom. The molecule has 0 saturated carbocycles. The average Bonchev–Trinajstić information content (AvgIpc) is 2.54. The quantitative estimate of drug-likeness (QED) is 0.710. The summed E-state index contributed by atoms with van der Waals surface area (Å²) in [5.74, 6) is 0.803. The largest absolute Gasteiger partial charge is 0.304 e. The third-order valence-corrected chi connectivity index (χ3v) is 4.76. The van der Waals surface area contributed by atoms with Gasteiger partial charge in [-0.2, -0.15) is 0 Å². The Morgan fingerprint density at radius 2 is 1.94 bits per heavy atom. The number of likely N-dealkylation sites (N-methyl/N-ethyl adjacent to an activating group) is 1. The van der Waals surface area contributed by atoms with Crippen molar-refractivity contribution in [2.75, 3.05) is 33.2 Å². The molecule has 1 saturated heterocycles. The molecule has 2 atom stereocenters. The van der Waals surface area contributed by atoms with Gasteiger partial charge in [-0.15, -0.1) is 0 Å². The van der Waals surface area contributed by atoms with E-state index in [1.165, 1.54) is 58.3 Å². The third-order valence-electron chi connectivity index (χ3n) is 4.76. The maximum Gasteiger partial charge on any atom is 0.0113 e. The van der Waals surface area contributed by atoms with Gasteiger partial charge in [0, 0.05) is 32.2 Å². The standard InChI is InChI=1S/C16H30N2/c1-4-6-15-7-5-8-16(13-14(15)2)18-11-9-17(3)10-12-18/h7,14,16H,4-6,8-13H2,1-3H3/t14-,16?/m1/s1. The molecule has 2 heteroatoms. The van der Waals surface area contributed by atoms with Crippen LogP contribution in [0, 0.1) is 5.92 Å². The van der Waals surface area contributed by atoms with Crippen LogP contribution in [-0.2, 0) is 0 Å². The number of piperazine rings is 1. The van der Waals surface area contributed by atoms with Crippen LogP contribution in [0.25, 0.3) is 0 Å². The van der Waals surface area contributed by atoms with Crippen LogP contribution in [0.15, 0.2) is 11.6 Å². The molecule has 0 spiro atoms. The van der Waals surface area contributed by atoms with E-state index in [4.69, 9.17) is 0 Å². The second kappa shape index (κ2) is 6.72. The Hall–Kier alpha value is -0.340. The monoisotopic (exact) mass is 250 g/mol. The maximum absolute atomic E-state index is 2.75. The molecule has 1 unspecified atom stereocenters. The van der Waals surface area contributed by atoms with E-state index in [2.05, 4.69) is 36.8 Å². The molecule has 0 radical (unpaired) electrons. The Kier molecular flexibility index (Phi) is 5.25. The van der Waals surface area contributed by atoms with Crippen molar-refractivity contribution < 1.29 is 0 Å². The van der Waals surface area contributed by atoms with Crippen molar-refractivity contribution in [1.29, 1.82) is 0 Å². The van der Waals surface area contributed by atoms with Crippen LogP contribution in [-0.4, -0.2) is 49.1 Å². The van der Waals surface area contributed by atoms with Crippen molar-refractivity contribution in [1.82, 2.24) is 9.80 Å². The molecular formula is C16H30N2. The molecule has 2 rings (SSSR count). The summed E-state index contributed by atoms with van der Waals surface area (Å²) in [5.41, 5.74) is 1.73. The molecule has 1 aliphatic heterocycles. The van der Waals surface area contributed by atoms with E-state index in [0.717, 1.165) is 12.0 Å². The summed E-state index contributed by atoms with van der Waals surface area (Å²) in [7, 11) is 2.24. The van der Waals surface area contributed by atoms with Gasteiger partial charge in [-0.3, -0.25) is 4.90 Å². The molecule has 0 bridgehead atoms. The fourth-order valence-electron chi connectivity index (χ4n) is 3.50. The van der Waals surface area contributed by atoms with E-state index in [0.29, 0.717) is 0 Å². The predicted octanol–water partition coefficient (Wildman–Crippen LogP) is 3.15. The van der Waals surface area contributed by atoms with E-state index < -0.39 is 0 Å². The lowest BCUT2D eigenvalue weighted by atomic mass is 9.92. The fourth-order valence-corrected chi connectivity index (χ4v) is 3.50. The molecular weight excluding hydrogens is 220 g/mol. The molecule has 0 aromatic carbocycles. The minimum absolute atomic E-state index is 0.803. The first-order valence-electron chi connectivity index (χ1n) is 7.82. The number of hydrogen-bond acceptors (Lipinski definition) is 2. The SMILES string of the molecule is CCCC1=CCCC(N2CCN(C)CC2)C[C@H]1C. The molecule has 2 nitrogen and oxygen atoms in total. The normalized spacial score (nSPS) is 32.1. The van der Waals surface area contributed by atoms with E-state index in [-0.39, 0.29) is 0 Å². The molecule has 1 aliphatic carbocycles. The zero-order valence-electron chi connectivity index (χ0n) is 12.5. The first-order valence-corrected chi connectivity index (χ1v) is 7.82. The Morgan fingerprint density at radius 3 is 2.61 bits per heavy atom. The van der Waals surface area contributed by atoms with Crippen LogP contribution in [0.4, 0.5) is 0 Å². The number of allylic oxidation sites excluding steroid dienone is 2. The average molecular weight is 250 g/mol. The lowest BCUT2D eigenvalue weighted by Crippen LogP contribution is -2.49. The molecule has 18 heavy (non-hydrogen) atoms. The zero-order valence-corrected chi connectivity index (χ0v) is 12.5. The van der Waals surface area contributed by atoms with Gasteiger partial charge in [-0.25, -0.2) is 0 Å². The van der Waals surface area contributed by atoms with Gasteiger partial charge in [0.15, 0.2) is 0 Å². The molecule has 2 aliphatic rings. The zero-order chi connectivity index (χ0) is 13.0. The molecule has 1 heterocycles. The molecule has 1 fully saturated rings. The van der Waals surface area contributed by atoms with Gasteiger partial charge in [-0.1, -0.05) is 31.9 Å². The third kappa shape index (κ3) is 3.58. The lowest BCUT2D eigenvalue weighted by Gasteiger charge is -2.38. The van der Waals surface area contributed by atoms with Gasteiger partial charge in [0.05, 0.1) is 0 Å². The number of hydrogen-bond donors (Lipinski definition) is 0. The Labute approximate surface area is 113 Å². The molecule has 0 amide bonds. The summed E-state index contributed by atoms with van der Waals surface area (Å²) in [4.78, 5) is 5.20. The van der Waals surface area contributed by atoms with Crippen molar-refractivity contribution in [2.45, 2.75) is 52.0 Å². The van der Waals surface area contributed by atoms with Crippen molar-refractivity contribution in [3.63, 3.8) is 0 Å². The summed E-state index contributed by atoms with van der Waals surface area (Å²) in [6.45, 7) is 9.79. The van der Waals surface area contributed by atoms with Crippen molar-refractivity contribution in [2.24, 2.45) is 5.92 Å². The van der Waals surface area contributed by atoms with Crippen molar-refractivity contribution in [3.8, 4) is 0 Å². The second-order valence-corrected chi connectivity index (χ2v) is 6.24. The van der Waals surface area contributed by atoms with Crippen LogP contribution in [0.1, 0.15) is 46.0 Å². The van der Waals surface area contributed by atoms with Gasteiger partial charge in [0.2, 0.25) is 0 Å². The first kappa shape index (κ1) is 14.1. The van der Waals surface area contributed by atoms with Gasteiger partial charge < -0.3 is 4.90 Å². The smallest absolute Gasteiger partial charge is 0.0113 e. The van der Waals surface area contributed by atoms with Crippen LogP contribution in [0.5, 0.6) is 0 Å². The highest BCUT2D eigenvalue weighted by atomic mass is 15.3. The fraction of sp³-hybridized carbons (Fsp3) is 0.875. The van der Waals surface area contributed by atoms with Crippen LogP contribution < -0.4 is 0 Å². The summed E-state index contributed by atoms with van der Waals surface area (Å²) in [5, 5.41) is 0. The second-order valence-electron chi connectivity index (χ2n) is 6.24. The van der Waals surface area contributed by atoms with Crippen LogP contribution in [0.3, 0.4) is 0 Å². The van der Waals surface area contributed by atoms with E-state index in [9.17, 15) is 0 Å². The topological polar surface area (TPSA) is 6.48 Å². The summed E-state index contributed by atoms with van der Waals surface area (Å²) in [6, 6.07) is 0.833. The molecule has 0 N–H and O–H groups in total. The van der Waals surface area contributed by atoms with Crippen LogP contribution in [0.2, 0.25) is 0 Å². The summed E-state index contributed by atoms with van der Waals surface area (Å²) >= 11 is 0. The van der Waals surface area contributed by atoms with Gasteiger partial charge in [-0.05, 0) is 38.6 Å². The van der Waals surface area contributed by atoms with Crippen molar-refractivity contribution >= 4 is 0 Å². The Balaban J connectivity index is 1.89. The minimum Gasteiger partial charge on any atom is -0.304 e. The van der Waals surface area contributed by atoms with E-state index >= 15 is 0 Å². The highest BCUT2D eigenvalue weighted by Crippen LogP contribution is 2.29. The maximum atomic E-state index is 2.75. The number of nitrogens with zero attached hydrogens (tertiary/aromatic N) is 2. The summed E-state index contributed by atoms with van der Waals surface area (Å²) in [6.07, 6.45) is 9.23. The van der Waals surface area contributed by atoms with Gasteiger partial charge >= 0.3 is 0 Å².